The van der Waals surface area contributed by atoms with Gasteiger partial charge in [0.1, 0.15) is 5.60 Å². The predicted molar refractivity (Wildman–Crippen MR) is 101 cm³/mol. The number of nitrogens with one attached hydrogen (secondary N) is 1. The van der Waals surface area contributed by atoms with E-state index in [9.17, 15) is 20.0 Å². The Bertz CT molecular complexity index is 693. The highest BCUT2D eigenvalue weighted by Crippen LogP contribution is 2.63. The number of carbonyl (C=O) groups excluding carboxylic acids is 1. The highest BCUT2D eigenvalue weighted by Gasteiger charge is 2.60. The van der Waals surface area contributed by atoms with Gasteiger partial charge in [-0.3, -0.25) is 0 Å². The van der Waals surface area contributed by atoms with E-state index in [1.807, 2.05) is 20.8 Å². The maximum Gasteiger partial charge on any atom is 0.407 e. The maximum atomic E-state index is 12.4. The highest BCUT2D eigenvalue weighted by atomic mass is 16.6. The molecular formula is C21H31N3O4. The average Bonchev–Trinajstić information content (AvgIpc) is 2.95. The molecule has 4 saturated carbocycles. The van der Waals surface area contributed by atoms with E-state index in [0.717, 1.165) is 32.1 Å². The smallest absolute Gasteiger partial charge is 0.407 e. The summed E-state index contributed by atoms with van der Waals surface area (Å²) >= 11 is 0. The number of alkyl carbamates (subject to hydrolysis) is 1. The number of amides is 2. The van der Waals surface area contributed by atoms with Gasteiger partial charge in [-0.05, 0) is 83.0 Å². The molecule has 5 rings (SSSR count). The molecule has 1 heterocycles. The van der Waals surface area contributed by atoms with Gasteiger partial charge in [-0.25, -0.2) is 9.59 Å². The summed E-state index contributed by atoms with van der Waals surface area (Å²) in [6.45, 7) is 5.90. The summed E-state index contributed by atoms with van der Waals surface area (Å²) < 4.78 is 5.42. The van der Waals surface area contributed by atoms with Gasteiger partial charge in [0.25, 0.3) is 0 Å². The highest BCUT2D eigenvalue weighted by molar-refractivity contribution is 5.70. The van der Waals surface area contributed by atoms with Crippen LogP contribution in [0.2, 0.25) is 0 Å². The summed E-state index contributed by atoms with van der Waals surface area (Å²) in [5.41, 5.74) is -0.791. The summed E-state index contributed by atoms with van der Waals surface area (Å²) in [5.74, 6) is 1.57. The first-order valence-corrected chi connectivity index (χ1v) is 10.5. The van der Waals surface area contributed by atoms with Crippen molar-refractivity contribution in [3.63, 3.8) is 0 Å². The second kappa shape index (κ2) is 6.53. The first kappa shape index (κ1) is 19.4. The van der Waals surface area contributed by atoms with Gasteiger partial charge in [0.05, 0.1) is 23.6 Å². The molecule has 0 spiro atoms. The fourth-order valence-corrected chi connectivity index (χ4v) is 6.89. The third kappa shape index (κ3) is 3.31. The Morgan fingerprint density at radius 1 is 1.21 bits per heavy atom. The van der Waals surface area contributed by atoms with Gasteiger partial charge < -0.3 is 20.1 Å². The Morgan fingerprint density at radius 2 is 1.86 bits per heavy atom. The number of ether oxygens (including phenoxy) is 1. The van der Waals surface area contributed by atoms with Crippen LogP contribution in [0.1, 0.15) is 59.3 Å². The lowest BCUT2D eigenvalue weighted by Gasteiger charge is -2.60. The van der Waals surface area contributed by atoms with Crippen LogP contribution >= 0.6 is 0 Å². The van der Waals surface area contributed by atoms with Crippen molar-refractivity contribution in [1.29, 1.82) is 5.26 Å². The molecule has 4 atom stereocenters. The molecule has 4 unspecified atom stereocenters. The minimum absolute atomic E-state index is 0.201. The average molecular weight is 389 g/mol. The minimum atomic E-state index is -0.915. The van der Waals surface area contributed by atoms with Gasteiger partial charge in [-0.2, -0.15) is 5.26 Å². The van der Waals surface area contributed by atoms with Gasteiger partial charge in [-0.15, -0.1) is 0 Å². The number of likely N-dealkylation sites (tertiary alicyclic amines) is 1. The third-order valence-electron chi connectivity index (χ3n) is 7.38. The fraction of sp³-hybridized carbons (Fsp3) is 0.857. The van der Waals surface area contributed by atoms with Crippen LogP contribution in [-0.4, -0.2) is 46.4 Å². The van der Waals surface area contributed by atoms with Crippen LogP contribution in [0.5, 0.6) is 0 Å². The molecule has 2 N–H and O–H groups in total. The molecule has 1 saturated heterocycles. The van der Waals surface area contributed by atoms with E-state index in [1.165, 1.54) is 4.90 Å². The summed E-state index contributed by atoms with van der Waals surface area (Å²) in [6.07, 6.45) is 4.17. The topological polar surface area (TPSA) is 103 Å². The molecule has 5 aliphatic rings. The number of nitriles is 1. The molecule has 0 aromatic rings. The van der Waals surface area contributed by atoms with Crippen LogP contribution in [0.15, 0.2) is 0 Å². The standard InChI is InChI=1S/C21H31N3O4/c1-20(2,3)28-18(25)23-15-4-5-24(19(26)27)17(15)16-13-6-12-7-14(16)10-21(8-12,9-13)11-22/h12-17H,4-10H2,1-3H3,(H,23,25)(H,26,27). The molecule has 4 bridgehead atoms. The van der Waals surface area contributed by atoms with Gasteiger partial charge >= 0.3 is 12.2 Å². The lowest BCUT2D eigenvalue weighted by molar-refractivity contribution is -0.0932. The number of hydrogen-bond donors (Lipinski definition) is 2. The normalized spacial score (nSPS) is 41.6. The molecule has 0 radical (unpaired) electrons. The van der Waals surface area contributed by atoms with E-state index in [-0.39, 0.29) is 23.4 Å². The van der Waals surface area contributed by atoms with Crippen LogP contribution in [-0.2, 0) is 4.74 Å². The molecule has 0 aromatic carbocycles. The zero-order valence-electron chi connectivity index (χ0n) is 17.0. The zero-order chi connectivity index (χ0) is 20.3. The number of hydrogen-bond acceptors (Lipinski definition) is 4. The number of carbonyl (C=O) groups is 2. The van der Waals surface area contributed by atoms with Gasteiger partial charge in [0.2, 0.25) is 0 Å². The van der Waals surface area contributed by atoms with E-state index < -0.39 is 17.8 Å². The van der Waals surface area contributed by atoms with Gasteiger partial charge in [0.15, 0.2) is 0 Å². The van der Waals surface area contributed by atoms with E-state index in [0.29, 0.717) is 30.7 Å². The molecule has 154 valence electrons. The van der Waals surface area contributed by atoms with E-state index in [2.05, 4.69) is 11.4 Å². The summed E-state index contributed by atoms with van der Waals surface area (Å²) in [6, 6.07) is 2.15. The van der Waals surface area contributed by atoms with Crippen LogP contribution in [0, 0.1) is 40.4 Å². The SMILES string of the molecule is CC(C)(C)OC(=O)NC1CCN(C(=O)O)C1C1C2CC3CC1CC(C#N)(C3)C2. The van der Waals surface area contributed by atoms with Crippen molar-refractivity contribution < 1.29 is 19.4 Å². The molecule has 2 amide bonds. The molecule has 28 heavy (non-hydrogen) atoms. The molecule has 7 nitrogen and oxygen atoms in total. The summed E-state index contributed by atoms with van der Waals surface area (Å²) in [5, 5.41) is 22.5. The van der Waals surface area contributed by atoms with Crippen molar-refractivity contribution in [2.75, 3.05) is 6.54 Å². The van der Waals surface area contributed by atoms with Gasteiger partial charge in [0, 0.05) is 6.54 Å². The Balaban J connectivity index is 1.57. The van der Waals surface area contributed by atoms with Crippen LogP contribution in [0.4, 0.5) is 9.59 Å². The number of rotatable bonds is 2. The Morgan fingerprint density at radius 3 is 2.39 bits per heavy atom. The second-order valence-corrected chi connectivity index (χ2v) is 10.4. The first-order chi connectivity index (χ1) is 13.1. The fourth-order valence-electron chi connectivity index (χ4n) is 6.89. The quantitative estimate of drug-likeness (QED) is 0.751. The lowest BCUT2D eigenvalue weighted by Crippen LogP contribution is -2.60. The van der Waals surface area contributed by atoms with Crippen molar-refractivity contribution in [1.82, 2.24) is 10.2 Å². The Hall–Kier alpha value is -1.97. The van der Waals surface area contributed by atoms with E-state index >= 15 is 0 Å². The molecule has 4 aliphatic carbocycles. The van der Waals surface area contributed by atoms with Crippen molar-refractivity contribution in [3.8, 4) is 6.07 Å². The van der Waals surface area contributed by atoms with E-state index in [4.69, 9.17) is 4.74 Å². The summed E-state index contributed by atoms with van der Waals surface area (Å²) in [4.78, 5) is 25.9. The predicted octanol–water partition coefficient (Wildman–Crippen LogP) is 3.60. The molecule has 1 aliphatic heterocycles. The Labute approximate surface area is 166 Å². The van der Waals surface area contributed by atoms with E-state index in [1.54, 1.807) is 0 Å². The second-order valence-electron chi connectivity index (χ2n) is 10.4. The van der Waals surface area contributed by atoms with Crippen molar-refractivity contribution in [3.05, 3.63) is 0 Å². The Kier molecular flexibility index (Phi) is 4.52. The van der Waals surface area contributed by atoms with Gasteiger partial charge in [-0.1, -0.05) is 0 Å². The van der Waals surface area contributed by atoms with Crippen LogP contribution in [0.25, 0.3) is 0 Å². The number of carboxylic acid groups (broad SMARTS) is 1. The maximum absolute atomic E-state index is 12.4. The monoisotopic (exact) mass is 389 g/mol. The first-order valence-electron chi connectivity index (χ1n) is 10.5. The third-order valence-corrected chi connectivity index (χ3v) is 7.38. The van der Waals surface area contributed by atoms with Crippen molar-refractivity contribution in [2.45, 2.75) is 77.0 Å². The zero-order valence-corrected chi connectivity index (χ0v) is 17.0. The molecule has 5 fully saturated rings. The van der Waals surface area contributed by atoms with Crippen molar-refractivity contribution in [2.24, 2.45) is 29.1 Å². The molecule has 7 heteroatoms. The largest absolute Gasteiger partial charge is 0.465 e. The lowest BCUT2D eigenvalue weighted by atomic mass is 9.45. The van der Waals surface area contributed by atoms with Crippen LogP contribution in [0.3, 0.4) is 0 Å². The summed E-state index contributed by atoms with van der Waals surface area (Å²) in [7, 11) is 0. The minimum Gasteiger partial charge on any atom is -0.465 e. The van der Waals surface area contributed by atoms with Crippen molar-refractivity contribution >= 4 is 12.2 Å². The van der Waals surface area contributed by atoms with Crippen LogP contribution < -0.4 is 5.32 Å². The molecular weight excluding hydrogens is 358 g/mol. The number of nitrogens with zero attached hydrogens (tertiary/aromatic N) is 2. The molecule has 0 aromatic heterocycles.